The van der Waals surface area contributed by atoms with Crippen molar-refractivity contribution in [3.63, 3.8) is 0 Å². The summed E-state index contributed by atoms with van der Waals surface area (Å²) in [6.45, 7) is 0. The minimum Gasteiger partial charge on any atom is -0.319 e. The Morgan fingerprint density at radius 2 is 1.54 bits per heavy atom. The number of nitrogens with two attached hydrogens (primary N) is 1. The van der Waals surface area contributed by atoms with Crippen molar-refractivity contribution in [1.82, 2.24) is 0 Å². The van der Waals surface area contributed by atoms with Gasteiger partial charge in [0.15, 0.2) is 0 Å². The van der Waals surface area contributed by atoms with Gasteiger partial charge in [-0.15, -0.1) is 0 Å². The zero-order valence-electron chi connectivity index (χ0n) is 6.48. The number of hydrogen-bond acceptors (Lipinski definition) is 1. The second kappa shape index (κ2) is 4.48. The predicted octanol–water partition coefficient (Wildman–Crippen LogP) is 3.48. The Morgan fingerprint density at radius 3 is 1.92 bits per heavy atom. The lowest BCUT2D eigenvalue weighted by molar-refractivity contribution is 0.116. The molecule has 0 unspecified atom stereocenters. The summed E-state index contributed by atoms with van der Waals surface area (Å²) in [5, 5.41) is 0. The molecule has 5 heteroatoms. The van der Waals surface area contributed by atoms with E-state index in [-0.39, 0.29) is 0 Å². The molecule has 72 valence electrons. The van der Waals surface area contributed by atoms with Crippen LogP contribution in [0.15, 0.2) is 27.1 Å². The second-order valence-corrected chi connectivity index (χ2v) is 4.39. The first-order chi connectivity index (χ1) is 6.00. The summed E-state index contributed by atoms with van der Waals surface area (Å²) in [6, 6.07) is 3.71. The van der Waals surface area contributed by atoms with Crippen molar-refractivity contribution in [1.29, 1.82) is 0 Å². The van der Waals surface area contributed by atoms with Gasteiger partial charge in [-0.05, 0) is 23.8 Å². The smallest absolute Gasteiger partial charge is 0.257 e. The van der Waals surface area contributed by atoms with E-state index < -0.39 is 12.5 Å². The van der Waals surface area contributed by atoms with Crippen LogP contribution in [0.1, 0.15) is 11.6 Å². The molecule has 0 bridgehead atoms. The lowest BCUT2D eigenvalue weighted by Gasteiger charge is -2.11. The fourth-order valence-electron chi connectivity index (χ4n) is 0.913. The Labute approximate surface area is 91.6 Å². The van der Waals surface area contributed by atoms with Crippen LogP contribution in [0.3, 0.4) is 0 Å². The molecule has 0 radical (unpaired) electrons. The third-order valence-electron chi connectivity index (χ3n) is 1.54. The molecule has 0 saturated carbocycles. The zero-order chi connectivity index (χ0) is 10.0. The van der Waals surface area contributed by atoms with Crippen LogP contribution in [-0.2, 0) is 0 Å². The molecule has 1 atom stereocenters. The molecule has 0 fully saturated rings. The van der Waals surface area contributed by atoms with Crippen LogP contribution in [0, 0.1) is 0 Å². The molecule has 0 spiro atoms. The quantitative estimate of drug-likeness (QED) is 0.888. The van der Waals surface area contributed by atoms with Gasteiger partial charge in [-0.3, -0.25) is 0 Å². The molecule has 1 nitrogen and oxygen atoms in total. The molecular weight excluding hydrogens is 308 g/mol. The lowest BCUT2D eigenvalue weighted by Crippen LogP contribution is -2.18. The van der Waals surface area contributed by atoms with Crippen LogP contribution in [0.25, 0.3) is 0 Å². The molecule has 0 amide bonds. The summed E-state index contributed by atoms with van der Waals surface area (Å²) < 4.78 is 25.9. The summed E-state index contributed by atoms with van der Waals surface area (Å²) in [5.74, 6) is 0. The van der Waals surface area contributed by atoms with Gasteiger partial charge in [0.2, 0.25) is 0 Å². The largest absolute Gasteiger partial charge is 0.319 e. The highest BCUT2D eigenvalue weighted by Gasteiger charge is 2.17. The SMILES string of the molecule is N[C@@H](c1cc(Br)cc(Br)c1)C(F)F. The molecule has 13 heavy (non-hydrogen) atoms. The van der Waals surface area contributed by atoms with Gasteiger partial charge in [0.25, 0.3) is 6.43 Å². The monoisotopic (exact) mass is 313 g/mol. The van der Waals surface area contributed by atoms with Crippen molar-refractivity contribution in [3.8, 4) is 0 Å². The van der Waals surface area contributed by atoms with Gasteiger partial charge >= 0.3 is 0 Å². The maximum atomic E-state index is 12.2. The first kappa shape index (κ1) is 11.1. The van der Waals surface area contributed by atoms with Crippen molar-refractivity contribution >= 4 is 31.9 Å². The zero-order valence-corrected chi connectivity index (χ0v) is 9.65. The van der Waals surface area contributed by atoms with Gasteiger partial charge in [0.1, 0.15) is 0 Å². The molecule has 0 aliphatic heterocycles. The highest BCUT2D eigenvalue weighted by molar-refractivity contribution is 9.11. The first-order valence-electron chi connectivity index (χ1n) is 3.50. The van der Waals surface area contributed by atoms with E-state index in [1.807, 2.05) is 0 Å². The summed E-state index contributed by atoms with van der Waals surface area (Å²) in [4.78, 5) is 0. The van der Waals surface area contributed by atoms with E-state index in [0.717, 1.165) is 8.95 Å². The van der Waals surface area contributed by atoms with Crippen molar-refractivity contribution < 1.29 is 8.78 Å². The molecule has 0 aromatic heterocycles. The Balaban J connectivity index is 3.01. The third kappa shape index (κ3) is 3.00. The van der Waals surface area contributed by atoms with Gasteiger partial charge in [0, 0.05) is 8.95 Å². The summed E-state index contributed by atoms with van der Waals surface area (Å²) in [5.41, 5.74) is 5.70. The number of halogens is 4. The van der Waals surface area contributed by atoms with Crippen LogP contribution in [0.2, 0.25) is 0 Å². The highest BCUT2D eigenvalue weighted by Crippen LogP contribution is 2.25. The maximum absolute atomic E-state index is 12.2. The van der Waals surface area contributed by atoms with Crippen LogP contribution >= 0.6 is 31.9 Å². The fourth-order valence-corrected chi connectivity index (χ4v) is 2.24. The van der Waals surface area contributed by atoms with E-state index in [4.69, 9.17) is 5.73 Å². The molecule has 1 aromatic carbocycles. The molecule has 1 aromatic rings. The fraction of sp³-hybridized carbons (Fsp3) is 0.250. The van der Waals surface area contributed by atoms with Crippen molar-refractivity contribution in [3.05, 3.63) is 32.7 Å². The summed E-state index contributed by atoms with van der Waals surface area (Å²) >= 11 is 6.40. The van der Waals surface area contributed by atoms with E-state index >= 15 is 0 Å². The normalized spacial score (nSPS) is 13.4. The Bertz CT molecular complexity index is 284. The molecule has 0 heterocycles. The van der Waals surface area contributed by atoms with Crippen LogP contribution in [0.5, 0.6) is 0 Å². The van der Waals surface area contributed by atoms with E-state index in [0.29, 0.717) is 5.56 Å². The van der Waals surface area contributed by atoms with Gasteiger partial charge in [-0.25, -0.2) is 8.78 Å². The molecular formula is C8H7Br2F2N. The lowest BCUT2D eigenvalue weighted by atomic mass is 10.1. The number of alkyl halides is 2. The van der Waals surface area contributed by atoms with Crippen LogP contribution < -0.4 is 5.73 Å². The number of benzene rings is 1. The van der Waals surface area contributed by atoms with Gasteiger partial charge in [-0.1, -0.05) is 31.9 Å². The topological polar surface area (TPSA) is 26.0 Å². The standard InChI is InChI=1S/C8H7Br2F2N/c9-5-1-4(2-6(10)3-5)7(13)8(11)12/h1-3,7-8H,13H2/t7-/m0/s1. The van der Waals surface area contributed by atoms with Gasteiger partial charge in [0.05, 0.1) is 6.04 Å². The van der Waals surface area contributed by atoms with Gasteiger partial charge < -0.3 is 5.73 Å². The maximum Gasteiger partial charge on any atom is 0.257 e. The average molecular weight is 315 g/mol. The van der Waals surface area contributed by atoms with Gasteiger partial charge in [-0.2, -0.15) is 0 Å². The van der Waals surface area contributed by atoms with Crippen molar-refractivity contribution in [2.45, 2.75) is 12.5 Å². The summed E-state index contributed by atoms with van der Waals surface area (Å²) in [6.07, 6.45) is -2.54. The van der Waals surface area contributed by atoms with Crippen LogP contribution in [0.4, 0.5) is 8.78 Å². The molecule has 1 rings (SSSR count). The minimum atomic E-state index is -2.54. The van der Waals surface area contributed by atoms with Crippen LogP contribution in [-0.4, -0.2) is 6.43 Å². The second-order valence-electron chi connectivity index (χ2n) is 2.56. The van der Waals surface area contributed by atoms with Crippen molar-refractivity contribution in [2.24, 2.45) is 5.73 Å². The molecule has 0 aliphatic carbocycles. The Hall–Kier alpha value is -0.000000000000000111. The van der Waals surface area contributed by atoms with Crippen molar-refractivity contribution in [2.75, 3.05) is 0 Å². The Kier molecular flexibility index (Phi) is 3.82. The average Bonchev–Trinajstić information content (AvgIpc) is 2.01. The number of rotatable bonds is 2. The highest BCUT2D eigenvalue weighted by atomic mass is 79.9. The van der Waals surface area contributed by atoms with E-state index in [1.165, 1.54) is 0 Å². The minimum absolute atomic E-state index is 0.413. The first-order valence-corrected chi connectivity index (χ1v) is 5.09. The molecule has 0 aliphatic rings. The number of hydrogen-bond donors (Lipinski definition) is 1. The van der Waals surface area contributed by atoms with E-state index in [2.05, 4.69) is 31.9 Å². The summed E-state index contributed by atoms with van der Waals surface area (Å²) in [7, 11) is 0. The molecule has 0 saturated heterocycles. The predicted molar refractivity (Wildman–Crippen MR) is 54.8 cm³/mol. The van der Waals surface area contributed by atoms with E-state index in [9.17, 15) is 8.78 Å². The third-order valence-corrected chi connectivity index (χ3v) is 2.46. The molecule has 2 N–H and O–H groups in total. The van der Waals surface area contributed by atoms with E-state index in [1.54, 1.807) is 18.2 Å². The Morgan fingerprint density at radius 1 is 1.08 bits per heavy atom.